The molecule has 0 aliphatic heterocycles. The number of aromatic hydroxyl groups is 1. The van der Waals surface area contributed by atoms with E-state index in [9.17, 15) is 9.50 Å². The molecule has 0 fully saturated rings. The molecule has 0 spiro atoms. The molecule has 1 aromatic rings. The van der Waals surface area contributed by atoms with Crippen LogP contribution in [0.4, 0.5) is 4.39 Å². The summed E-state index contributed by atoms with van der Waals surface area (Å²) in [5.41, 5.74) is 6.11. The number of halogens is 1. The normalized spacial score (nSPS) is 12.9. The van der Waals surface area contributed by atoms with E-state index in [2.05, 4.69) is 0 Å². The summed E-state index contributed by atoms with van der Waals surface area (Å²) in [5, 5.41) is 18.2. The Balaban J connectivity index is 3.20. The number of aryl methyl sites for hydroxylation is 1. The summed E-state index contributed by atoms with van der Waals surface area (Å²) in [5.74, 6) is -0.517. The third kappa shape index (κ3) is 1.96. The predicted octanol–water partition coefficient (Wildman–Crippen LogP) is 0.832. The zero-order valence-corrected chi connectivity index (χ0v) is 7.29. The zero-order chi connectivity index (χ0) is 10.0. The number of hydrogen-bond donors (Lipinski definition) is 3. The molecular weight excluding hydrogens is 173 g/mol. The monoisotopic (exact) mass is 185 g/mol. The molecule has 0 aliphatic carbocycles. The van der Waals surface area contributed by atoms with Gasteiger partial charge in [0.2, 0.25) is 0 Å². The largest absolute Gasteiger partial charge is 0.507 e. The molecule has 0 saturated heterocycles. The lowest BCUT2D eigenvalue weighted by molar-refractivity contribution is 0.265. The molecule has 0 unspecified atom stereocenters. The Morgan fingerprint density at radius 1 is 1.54 bits per heavy atom. The summed E-state index contributed by atoms with van der Waals surface area (Å²) < 4.78 is 12.9. The summed E-state index contributed by atoms with van der Waals surface area (Å²) in [6.45, 7) is 1.25. The molecule has 4 N–H and O–H groups in total. The Hall–Kier alpha value is -1.13. The number of phenolic OH excluding ortho intramolecular Hbond substituents is 1. The summed E-state index contributed by atoms with van der Waals surface area (Å²) >= 11 is 0. The van der Waals surface area contributed by atoms with Gasteiger partial charge >= 0.3 is 0 Å². The molecular formula is C9H12FNO2. The van der Waals surface area contributed by atoms with E-state index in [1.807, 2.05) is 0 Å². The lowest BCUT2D eigenvalue weighted by Crippen LogP contribution is -2.15. The second-order valence-electron chi connectivity index (χ2n) is 2.95. The minimum Gasteiger partial charge on any atom is -0.507 e. The van der Waals surface area contributed by atoms with Gasteiger partial charge in [0.25, 0.3) is 0 Å². The van der Waals surface area contributed by atoms with Crippen molar-refractivity contribution in [2.24, 2.45) is 5.73 Å². The van der Waals surface area contributed by atoms with E-state index in [0.29, 0.717) is 5.56 Å². The molecule has 0 aromatic heterocycles. The Kier molecular flexibility index (Phi) is 2.85. The van der Waals surface area contributed by atoms with Gasteiger partial charge < -0.3 is 15.9 Å². The van der Waals surface area contributed by atoms with Crippen molar-refractivity contribution < 1.29 is 14.6 Å². The molecule has 1 atom stereocenters. The molecule has 0 heterocycles. The predicted molar refractivity (Wildman–Crippen MR) is 46.8 cm³/mol. The number of hydrogen-bond acceptors (Lipinski definition) is 3. The molecule has 13 heavy (non-hydrogen) atoms. The first-order valence-electron chi connectivity index (χ1n) is 3.91. The van der Waals surface area contributed by atoms with E-state index in [1.54, 1.807) is 6.92 Å². The Morgan fingerprint density at radius 3 is 2.69 bits per heavy atom. The fraction of sp³-hybridized carbons (Fsp3) is 0.333. The summed E-state index contributed by atoms with van der Waals surface area (Å²) in [6, 6.07) is 1.60. The molecule has 0 bridgehead atoms. The second kappa shape index (κ2) is 3.72. The van der Waals surface area contributed by atoms with Gasteiger partial charge in [0.05, 0.1) is 12.6 Å². The number of aliphatic hydroxyl groups is 1. The second-order valence-corrected chi connectivity index (χ2v) is 2.95. The van der Waals surface area contributed by atoms with Crippen LogP contribution in [-0.2, 0) is 0 Å². The van der Waals surface area contributed by atoms with Crippen molar-refractivity contribution in [1.82, 2.24) is 0 Å². The average molecular weight is 185 g/mol. The summed E-state index contributed by atoms with van der Waals surface area (Å²) in [7, 11) is 0. The molecule has 1 rings (SSSR count). The minimum absolute atomic E-state index is 0.0528. The fourth-order valence-corrected chi connectivity index (χ4v) is 1.14. The molecule has 0 radical (unpaired) electrons. The van der Waals surface area contributed by atoms with Gasteiger partial charge in [-0.25, -0.2) is 4.39 Å². The maximum atomic E-state index is 12.9. The zero-order valence-electron chi connectivity index (χ0n) is 7.29. The molecule has 3 nitrogen and oxygen atoms in total. The van der Waals surface area contributed by atoms with Gasteiger partial charge in [-0.1, -0.05) is 0 Å². The Bertz CT molecular complexity index is 315. The number of phenols is 1. The first-order valence-corrected chi connectivity index (χ1v) is 3.91. The van der Waals surface area contributed by atoms with Crippen molar-refractivity contribution in [3.63, 3.8) is 0 Å². The SMILES string of the molecule is Cc1cc(F)cc([C@@H](N)CO)c1O. The van der Waals surface area contributed by atoms with Crippen molar-refractivity contribution in [3.05, 3.63) is 29.1 Å². The Morgan fingerprint density at radius 2 is 2.15 bits per heavy atom. The van der Waals surface area contributed by atoms with E-state index in [1.165, 1.54) is 6.07 Å². The highest BCUT2D eigenvalue weighted by Gasteiger charge is 2.13. The maximum absolute atomic E-state index is 12.9. The van der Waals surface area contributed by atoms with Crippen LogP contribution in [0.25, 0.3) is 0 Å². The Labute approximate surface area is 75.6 Å². The van der Waals surface area contributed by atoms with Gasteiger partial charge in [0, 0.05) is 5.56 Å². The summed E-state index contributed by atoms with van der Waals surface area (Å²) in [6.07, 6.45) is 0. The topological polar surface area (TPSA) is 66.5 Å². The number of benzene rings is 1. The third-order valence-corrected chi connectivity index (χ3v) is 1.89. The molecule has 1 aromatic carbocycles. The van der Waals surface area contributed by atoms with Crippen LogP contribution in [0, 0.1) is 12.7 Å². The van der Waals surface area contributed by atoms with Gasteiger partial charge in [-0.2, -0.15) is 0 Å². The van der Waals surface area contributed by atoms with Gasteiger partial charge in [-0.15, -0.1) is 0 Å². The van der Waals surface area contributed by atoms with Crippen molar-refractivity contribution in [3.8, 4) is 5.75 Å². The van der Waals surface area contributed by atoms with E-state index in [-0.39, 0.29) is 17.9 Å². The lowest BCUT2D eigenvalue weighted by Gasteiger charge is -2.12. The van der Waals surface area contributed by atoms with Crippen LogP contribution in [0.2, 0.25) is 0 Å². The van der Waals surface area contributed by atoms with Crippen LogP contribution < -0.4 is 5.73 Å². The fourth-order valence-electron chi connectivity index (χ4n) is 1.14. The van der Waals surface area contributed by atoms with E-state index in [4.69, 9.17) is 10.8 Å². The van der Waals surface area contributed by atoms with Crippen molar-refractivity contribution in [1.29, 1.82) is 0 Å². The van der Waals surface area contributed by atoms with Crippen LogP contribution in [-0.4, -0.2) is 16.8 Å². The first kappa shape index (κ1) is 9.95. The standard InChI is InChI=1S/C9H12FNO2/c1-5-2-6(10)3-7(9(5)13)8(11)4-12/h2-3,8,12-13H,4,11H2,1H3/t8-/m0/s1. The van der Waals surface area contributed by atoms with Crippen LogP contribution in [0.5, 0.6) is 5.75 Å². The number of aliphatic hydroxyl groups excluding tert-OH is 1. The van der Waals surface area contributed by atoms with Gasteiger partial charge in [0.1, 0.15) is 11.6 Å². The van der Waals surface area contributed by atoms with E-state index < -0.39 is 11.9 Å². The van der Waals surface area contributed by atoms with Crippen molar-refractivity contribution in [2.45, 2.75) is 13.0 Å². The third-order valence-electron chi connectivity index (χ3n) is 1.89. The molecule has 72 valence electrons. The quantitative estimate of drug-likeness (QED) is 0.639. The maximum Gasteiger partial charge on any atom is 0.124 e. The molecule has 0 amide bonds. The minimum atomic E-state index is -0.741. The van der Waals surface area contributed by atoms with Gasteiger partial charge in [0.15, 0.2) is 0 Å². The van der Waals surface area contributed by atoms with Gasteiger partial charge in [-0.05, 0) is 24.6 Å². The van der Waals surface area contributed by atoms with Crippen LogP contribution in [0.1, 0.15) is 17.2 Å². The smallest absolute Gasteiger partial charge is 0.124 e. The first-order chi connectivity index (χ1) is 6.06. The molecule has 0 aliphatic rings. The average Bonchev–Trinajstić information content (AvgIpc) is 2.10. The molecule has 0 saturated carbocycles. The van der Waals surface area contributed by atoms with Crippen LogP contribution in [0.15, 0.2) is 12.1 Å². The highest BCUT2D eigenvalue weighted by molar-refractivity contribution is 5.41. The van der Waals surface area contributed by atoms with Crippen LogP contribution >= 0.6 is 0 Å². The van der Waals surface area contributed by atoms with Crippen LogP contribution in [0.3, 0.4) is 0 Å². The van der Waals surface area contributed by atoms with E-state index in [0.717, 1.165) is 6.07 Å². The highest BCUT2D eigenvalue weighted by Crippen LogP contribution is 2.27. The van der Waals surface area contributed by atoms with E-state index >= 15 is 0 Å². The van der Waals surface area contributed by atoms with Gasteiger partial charge in [-0.3, -0.25) is 0 Å². The highest BCUT2D eigenvalue weighted by atomic mass is 19.1. The lowest BCUT2D eigenvalue weighted by atomic mass is 10.0. The van der Waals surface area contributed by atoms with Crippen molar-refractivity contribution >= 4 is 0 Å². The number of nitrogens with two attached hydrogens (primary N) is 1. The summed E-state index contributed by atoms with van der Waals surface area (Å²) in [4.78, 5) is 0. The number of rotatable bonds is 2. The van der Waals surface area contributed by atoms with Crippen molar-refractivity contribution in [2.75, 3.05) is 6.61 Å². The molecule has 4 heteroatoms.